The number of carbonyl (C=O) groups excluding carboxylic acids is 1. The Labute approximate surface area is 92.6 Å². The summed E-state index contributed by atoms with van der Waals surface area (Å²) in [4.78, 5) is 11.7. The number of nitrogens with one attached hydrogen (secondary N) is 1. The van der Waals surface area contributed by atoms with Crippen LogP contribution in [0.25, 0.3) is 0 Å². The van der Waals surface area contributed by atoms with Crippen LogP contribution in [-0.4, -0.2) is 17.1 Å². The lowest BCUT2D eigenvalue weighted by Crippen LogP contribution is -2.32. The number of rotatable bonds is 2. The lowest BCUT2D eigenvalue weighted by Gasteiger charge is -2.12. The van der Waals surface area contributed by atoms with Crippen LogP contribution in [0.3, 0.4) is 0 Å². The van der Waals surface area contributed by atoms with Crippen molar-refractivity contribution in [2.24, 2.45) is 0 Å². The van der Waals surface area contributed by atoms with Crippen molar-refractivity contribution in [1.29, 1.82) is 0 Å². The fraction of sp³-hybridized carbons (Fsp3) is 0.250. The molecular formula is C12H12FNO2. The molecular weight excluding hydrogens is 209 g/mol. The molecule has 0 heterocycles. The Kier molecular flexibility index (Phi) is 2.90. The van der Waals surface area contributed by atoms with Crippen LogP contribution in [0.4, 0.5) is 4.39 Å². The highest BCUT2D eigenvalue weighted by Gasteiger charge is 2.17. The first kappa shape index (κ1) is 10.7. The molecule has 1 amide bonds. The molecule has 4 heteroatoms. The van der Waals surface area contributed by atoms with E-state index in [4.69, 9.17) is 0 Å². The SMILES string of the molecule is O=C(NC1CC=CC1)c1cc(F)ccc1O. The Bertz CT molecular complexity index is 435. The Hall–Kier alpha value is -1.84. The largest absolute Gasteiger partial charge is 0.507 e. The second-order valence-corrected chi connectivity index (χ2v) is 3.77. The van der Waals surface area contributed by atoms with Gasteiger partial charge in [0.05, 0.1) is 5.56 Å². The normalized spacial score (nSPS) is 15.3. The Balaban J connectivity index is 2.10. The monoisotopic (exact) mass is 221 g/mol. The van der Waals surface area contributed by atoms with Crippen molar-refractivity contribution in [2.45, 2.75) is 18.9 Å². The molecule has 2 N–H and O–H groups in total. The van der Waals surface area contributed by atoms with Crippen LogP contribution >= 0.6 is 0 Å². The minimum Gasteiger partial charge on any atom is -0.507 e. The van der Waals surface area contributed by atoms with Gasteiger partial charge in [-0.15, -0.1) is 0 Å². The number of carbonyl (C=O) groups is 1. The van der Waals surface area contributed by atoms with E-state index in [1.165, 1.54) is 6.07 Å². The second-order valence-electron chi connectivity index (χ2n) is 3.77. The summed E-state index contributed by atoms with van der Waals surface area (Å²) in [5.74, 6) is -1.18. The predicted molar refractivity (Wildman–Crippen MR) is 57.7 cm³/mol. The second kappa shape index (κ2) is 4.35. The number of hydrogen-bond donors (Lipinski definition) is 2. The molecule has 0 fully saturated rings. The van der Waals surface area contributed by atoms with E-state index in [9.17, 15) is 14.3 Å². The van der Waals surface area contributed by atoms with E-state index in [1.807, 2.05) is 12.2 Å². The molecule has 1 aliphatic carbocycles. The average Bonchev–Trinajstić information content (AvgIpc) is 2.74. The molecule has 0 radical (unpaired) electrons. The molecule has 0 saturated heterocycles. The van der Waals surface area contributed by atoms with Crippen LogP contribution in [0.15, 0.2) is 30.4 Å². The molecule has 2 rings (SSSR count). The molecule has 0 aliphatic heterocycles. The molecule has 3 nitrogen and oxygen atoms in total. The van der Waals surface area contributed by atoms with E-state index in [0.717, 1.165) is 25.0 Å². The topological polar surface area (TPSA) is 49.3 Å². The van der Waals surface area contributed by atoms with Gasteiger partial charge in [-0.05, 0) is 31.0 Å². The average molecular weight is 221 g/mol. The lowest BCUT2D eigenvalue weighted by molar-refractivity contribution is 0.0936. The first-order valence-electron chi connectivity index (χ1n) is 5.11. The van der Waals surface area contributed by atoms with E-state index in [1.54, 1.807) is 0 Å². The van der Waals surface area contributed by atoms with Crippen LogP contribution in [0.2, 0.25) is 0 Å². The maximum Gasteiger partial charge on any atom is 0.255 e. The summed E-state index contributed by atoms with van der Waals surface area (Å²) >= 11 is 0. The van der Waals surface area contributed by atoms with Crippen molar-refractivity contribution in [3.63, 3.8) is 0 Å². The van der Waals surface area contributed by atoms with Gasteiger partial charge in [0.15, 0.2) is 0 Å². The van der Waals surface area contributed by atoms with Crippen molar-refractivity contribution in [1.82, 2.24) is 5.32 Å². The fourth-order valence-corrected chi connectivity index (χ4v) is 1.69. The number of hydrogen-bond acceptors (Lipinski definition) is 2. The fourth-order valence-electron chi connectivity index (χ4n) is 1.69. The number of phenols is 1. The van der Waals surface area contributed by atoms with Gasteiger partial charge in [-0.2, -0.15) is 0 Å². The highest BCUT2D eigenvalue weighted by atomic mass is 19.1. The summed E-state index contributed by atoms with van der Waals surface area (Å²) in [7, 11) is 0. The van der Waals surface area contributed by atoms with Gasteiger partial charge >= 0.3 is 0 Å². The van der Waals surface area contributed by atoms with Crippen molar-refractivity contribution in [3.05, 3.63) is 41.7 Å². The first-order valence-corrected chi connectivity index (χ1v) is 5.11. The minimum atomic E-state index is -0.535. The first-order chi connectivity index (χ1) is 7.66. The number of phenolic OH excluding ortho intramolecular Hbond substituents is 1. The van der Waals surface area contributed by atoms with Crippen LogP contribution < -0.4 is 5.32 Å². The molecule has 1 aliphatic rings. The van der Waals surface area contributed by atoms with Gasteiger partial charge in [0.25, 0.3) is 5.91 Å². The van der Waals surface area contributed by atoms with Crippen LogP contribution in [0.1, 0.15) is 23.2 Å². The summed E-state index contributed by atoms with van der Waals surface area (Å²) < 4.78 is 12.9. The van der Waals surface area contributed by atoms with Gasteiger partial charge in [-0.3, -0.25) is 4.79 Å². The Morgan fingerprint density at radius 2 is 2.06 bits per heavy atom. The van der Waals surface area contributed by atoms with Crippen molar-refractivity contribution in [2.75, 3.05) is 0 Å². The molecule has 1 aromatic rings. The molecule has 0 aromatic heterocycles. The number of benzene rings is 1. The van der Waals surface area contributed by atoms with Crippen LogP contribution in [0.5, 0.6) is 5.75 Å². The number of amides is 1. The molecule has 1 aromatic carbocycles. The van der Waals surface area contributed by atoms with E-state index in [-0.39, 0.29) is 17.4 Å². The maximum absolute atomic E-state index is 12.9. The van der Waals surface area contributed by atoms with Gasteiger partial charge in [0.1, 0.15) is 11.6 Å². The highest BCUT2D eigenvalue weighted by molar-refractivity contribution is 5.97. The molecule has 0 bridgehead atoms. The third kappa shape index (κ3) is 2.21. The summed E-state index contributed by atoms with van der Waals surface area (Å²) in [5, 5.41) is 12.2. The zero-order chi connectivity index (χ0) is 11.5. The molecule has 0 atom stereocenters. The van der Waals surface area contributed by atoms with Gasteiger partial charge in [-0.25, -0.2) is 4.39 Å². The molecule has 0 saturated carbocycles. The summed E-state index contributed by atoms with van der Waals surface area (Å²) in [5.41, 5.74) is -0.0214. The summed E-state index contributed by atoms with van der Waals surface area (Å²) in [6, 6.07) is 3.38. The van der Waals surface area contributed by atoms with Crippen LogP contribution in [0, 0.1) is 5.82 Å². The highest BCUT2D eigenvalue weighted by Crippen LogP contribution is 2.18. The quantitative estimate of drug-likeness (QED) is 0.750. The maximum atomic E-state index is 12.9. The smallest absolute Gasteiger partial charge is 0.255 e. The lowest BCUT2D eigenvalue weighted by atomic mass is 10.1. The molecule has 0 unspecified atom stereocenters. The van der Waals surface area contributed by atoms with Crippen molar-refractivity contribution >= 4 is 5.91 Å². The van der Waals surface area contributed by atoms with E-state index < -0.39 is 11.7 Å². The van der Waals surface area contributed by atoms with Gasteiger partial charge in [0.2, 0.25) is 0 Å². The minimum absolute atomic E-state index is 0.0214. The summed E-state index contributed by atoms with van der Waals surface area (Å²) in [6.45, 7) is 0. The Morgan fingerprint density at radius 3 is 2.75 bits per heavy atom. The van der Waals surface area contributed by atoms with E-state index in [0.29, 0.717) is 0 Å². The third-order valence-corrected chi connectivity index (χ3v) is 2.55. The zero-order valence-electron chi connectivity index (χ0n) is 8.61. The standard InChI is InChI=1S/C12H12FNO2/c13-8-5-6-11(15)10(7-8)12(16)14-9-3-1-2-4-9/h1-2,5-7,9,15H,3-4H2,(H,14,16). The van der Waals surface area contributed by atoms with Gasteiger partial charge in [0, 0.05) is 6.04 Å². The zero-order valence-corrected chi connectivity index (χ0v) is 8.61. The third-order valence-electron chi connectivity index (χ3n) is 2.55. The van der Waals surface area contributed by atoms with E-state index in [2.05, 4.69) is 5.32 Å². The van der Waals surface area contributed by atoms with Gasteiger partial charge in [-0.1, -0.05) is 12.2 Å². The Morgan fingerprint density at radius 1 is 1.38 bits per heavy atom. The molecule has 0 spiro atoms. The van der Waals surface area contributed by atoms with Crippen LogP contribution in [-0.2, 0) is 0 Å². The summed E-state index contributed by atoms with van der Waals surface area (Å²) in [6.07, 6.45) is 5.52. The van der Waals surface area contributed by atoms with Crippen molar-refractivity contribution < 1.29 is 14.3 Å². The number of aromatic hydroxyl groups is 1. The predicted octanol–water partition coefficient (Wildman–Crippen LogP) is 1.98. The molecule has 16 heavy (non-hydrogen) atoms. The number of halogens is 1. The molecule has 84 valence electrons. The van der Waals surface area contributed by atoms with Crippen molar-refractivity contribution in [3.8, 4) is 5.75 Å². The van der Waals surface area contributed by atoms with Gasteiger partial charge < -0.3 is 10.4 Å². The van der Waals surface area contributed by atoms with E-state index >= 15 is 0 Å².